The zero-order valence-corrected chi connectivity index (χ0v) is 7.88. The van der Waals surface area contributed by atoms with Crippen molar-refractivity contribution in [2.45, 2.75) is 6.42 Å². The summed E-state index contributed by atoms with van der Waals surface area (Å²) in [6.07, 6.45) is 2.88. The third-order valence-corrected chi connectivity index (χ3v) is 2.06. The molecule has 0 saturated heterocycles. The van der Waals surface area contributed by atoms with Gasteiger partial charge in [-0.25, -0.2) is 4.98 Å². The number of aliphatic carboxylic acids is 1. The monoisotopic (exact) mass is 203 g/mol. The summed E-state index contributed by atoms with van der Waals surface area (Å²) in [5, 5.41) is 8.74. The molecule has 15 heavy (non-hydrogen) atoms. The summed E-state index contributed by atoms with van der Waals surface area (Å²) >= 11 is 0. The summed E-state index contributed by atoms with van der Waals surface area (Å²) in [4.78, 5) is 14.4. The minimum Gasteiger partial charge on any atom is -0.481 e. The fourth-order valence-electron chi connectivity index (χ4n) is 1.43. The fraction of sp³-hybridized carbons (Fsp3) is 0.0909. The molecule has 1 aromatic heterocycles. The summed E-state index contributed by atoms with van der Waals surface area (Å²) in [5.41, 5.74) is 1.50. The Labute approximate surface area is 86.2 Å². The summed E-state index contributed by atoms with van der Waals surface area (Å²) in [7, 11) is 0. The van der Waals surface area contributed by atoms with Gasteiger partial charge in [0.15, 0.2) is 12.2 Å². The highest BCUT2D eigenvalue weighted by molar-refractivity contribution is 5.74. The van der Waals surface area contributed by atoms with Crippen molar-refractivity contribution in [1.82, 2.24) is 4.98 Å². The topological polar surface area (TPSA) is 63.3 Å². The highest BCUT2D eigenvalue weighted by Crippen LogP contribution is 2.23. The molecule has 0 aliphatic carbocycles. The molecular formula is C11H9NO3. The minimum absolute atomic E-state index is 0.0170. The molecule has 1 heterocycles. The molecule has 0 atom stereocenters. The van der Waals surface area contributed by atoms with Crippen molar-refractivity contribution >= 4 is 5.97 Å². The molecule has 0 fully saturated rings. The lowest BCUT2D eigenvalue weighted by atomic mass is 10.0. The molecule has 4 nitrogen and oxygen atoms in total. The highest BCUT2D eigenvalue weighted by atomic mass is 16.4. The van der Waals surface area contributed by atoms with Gasteiger partial charge in [-0.2, -0.15) is 0 Å². The molecule has 0 saturated carbocycles. The largest absolute Gasteiger partial charge is 0.481 e. The summed E-state index contributed by atoms with van der Waals surface area (Å²) < 4.78 is 5.14. The first kappa shape index (κ1) is 9.45. The number of hydrogen-bond acceptors (Lipinski definition) is 3. The predicted octanol–water partition coefficient (Wildman–Crippen LogP) is 1.97. The number of hydrogen-bond donors (Lipinski definition) is 1. The standard InChI is InChI=1S/C11H9NO3/c13-11(14)5-8-3-1-2-4-9(8)10-6-12-7-15-10/h1-4,6-7H,5H2,(H,13,14). The zero-order chi connectivity index (χ0) is 10.7. The van der Waals surface area contributed by atoms with Gasteiger partial charge in [0.05, 0.1) is 12.6 Å². The zero-order valence-electron chi connectivity index (χ0n) is 7.88. The SMILES string of the molecule is O=C(O)Cc1ccccc1-c1cnco1. The Morgan fingerprint density at radius 2 is 2.20 bits per heavy atom. The van der Waals surface area contributed by atoms with Crippen molar-refractivity contribution in [1.29, 1.82) is 0 Å². The quantitative estimate of drug-likeness (QED) is 0.828. The molecule has 2 rings (SSSR count). The van der Waals surface area contributed by atoms with E-state index in [1.165, 1.54) is 6.39 Å². The Bertz CT molecular complexity index is 462. The molecule has 0 aliphatic heterocycles. The van der Waals surface area contributed by atoms with Gasteiger partial charge in [-0.1, -0.05) is 24.3 Å². The molecular weight excluding hydrogens is 194 g/mol. The van der Waals surface area contributed by atoms with Crippen LogP contribution in [0.1, 0.15) is 5.56 Å². The normalized spacial score (nSPS) is 10.1. The van der Waals surface area contributed by atoms with Gasteiger partial charge in [-0.15, -0.1) is 0 Å². The molecule has 1 aromatic carbocycles. The van der Waals surface area contributed by atoms with Gasteiger partial charge in [-0.05, 0) is 5.56 Å². The second kappa shape index (κ2) is 3.96. The van der Waals surface area contributed by atoms with Gasteiger partial charge >= 0.3 is 5.97 Å². The first-order chi connectivity index (χ1) is 7.27. The number of aromatic nitrogens is 1. The lowest BCUT2D eigenvalue weighted by molar-refractivity contribution is -0.136. The fourth-order valence-corrected chi connectivity index (χ4v) is 1.43. The van der Waals surface area contributed by atoms with Crippen LogP contribution in [0.25, 0.3) is 11.3 Å². The van der Waals surface area contributed by atoms with Gasteiger partial charge < -0.3 is 9.52 Å². The van der Waals surface area contributed by atoms with Crippen LogP contribution in [0, 0.1) is 0 Å². The van der Waals surface area contributed by atoms with E-state index < -0.39 is 5.97 Å². The molecule has 0 aliphatic rings. The van der Waals surface area contributed by atoms with Gasteiger partial charge in [0.1, 0.15) is 0 Å². The van der Waals surface area contributed by atoms with Gasteiger partial charge in [0.2, 0.25) is 0 Å². The molecule has 0 amide bonds. The van der Waals surface area contributed by atoms with Gasteiger partial charge in [0.25, 0.3) is 0 Å². The Hall–Kier alpha value is -2.10. The summed E-state index contributed by atoms with van der Waals surface area (Å²) in [6.45, 7) is 0. The average Bonchev–Trinajstić information content (AvgIpc) is 2.70. The summed E-state index contributed by atoms with van der Waals surface area (Å²) in [5.74, 6) is -0.270. The molecule has 0 bridgehead atoms. The molecule has 0 spiro atoms. The molecule has 0 radical (unpaired) electrons. The molecule has 76 valence electrons. The first-order valence-corrected chi connectivity index (χ1v) is 4.46. The number of benzene rings is 1. The van der Waals surface area contributed by atoms with Crippen LogP contribution in [0.5, 0.6) is 0 Å². The van der Waals surface area contributed by atoms with E-state index in [0.29, 0.717) is 5.76 Å². The Kier molecular flexibility index (Phi) is 2.49. The number of nitrogens with zero attached hydrogens (tertiary/aromatic N) is 1. The van der Waals surface area contributed by atoms with Gasteiger partial charge in [-0.3, -0.25) is 4.79 Å². The maximum absolute atomic E-state index is 10.6. The Morgan fingerprint density at radius 3 is 2.87 bits per heavy atom. The third-order valence-electron chi connectivity index (χ3n) is 2.06. The van der Waals surface area contributed by atoms with Crippen molar-refractivity contribution in [3.63, 3.8) is 0 Å². The van der Waals surface area contributed by atoms with Gasteiger partial charge in [0, 0.05) is 5.56 Å². The van der Waals surface area contributed by atoms with E-state index in [1.54, 1.807) is 18.3 Å². The second-order valence-electron chi connectivity index (χ2n) is 3.09. The van der Waals surface area contributed by atoms with E-state index in [-0.39, 0.29) is 6.42 Å². The second-order valence-corrected chi connectivity index (χ2v) is 3.09. The number of oxazole rings is 1. The summed E-state index contributed by atoms with van der Waals surface area (Å²) in [6, 6.07) is 7.23. The maximum atomic E-state index is 10.6. The lowest BCUT2D eigenvalue weighted by Crippen LogP contribution is -2.01. The molecule has 2 aromatic rings. The highest BCUT2D eigenvalue weighted by Gasteiger charge is 2.09. The lowest BCUT2D eigenvalue weighted by Gasteiger charge is -2.03. The van der Waals surface area contributed by atoms with Crippen molar-refractivity contribution in [3.05, 3.63) is 42.4 Å². The van der Waals surface area contributed by atoms with Crippen molar-refractivity contribution < 1.29 is 14.3 Å². The number of carboxylic acids is 1. The van der Waals surface area contributed by atoms with E-state index in [1.807, 2.05) is 12.1 Å². The Balaban J connectivity index is 2.42. The van der Waals surface area contributed by atoms with E-state index in [9.17, 15) is 4.79 Å². The van der Waals surface area contributed by atoms with Crippen LogP contribution in [0.3, 0.4) is 0 Å². The minimum atomic E-state index is -0.859. The first-order valence-electron chi connectivity index (χ1n) is 4.46. The van der Waals surface area contributed by atoms with E-state index in [4.69, 9.17) is 9.52 Å². The average molecular weight is 203 g/mol. The van der Waals surface area contributed by atoms with Crippen LogP contribution in [0.2, 0.25) is 0 Å². The van der Waals surface area contributed by atoms with Crippen LogP contribution >= 0.6 is 0 Å². The van der Waals surface area contributed by atoms with Crippen LogP contribution in [-0.4, -0.2) is 16.1 Å². The van der Waals surface area contributed by atoms with Crippen LogP contribution < -0.4 is 0 Å². The molecule has 0 unspecified atom stereocenters. The smallest absolute Gasteiger partial charge is 0.307 e. The Morgan fingerprint density at radius 1 is 1.40 bits per heavy atom. The van der Waals surface area contributed by atoms with E-state index in [0.717, 1.165) is 11.1 Å². The van der Waals surface area contributed by atoms with E-state index in [2.05, 4.69) is 4.98 Å². The predicted molar refractivity (Wildman–Crippen MR) is 53.3 cm³/mol. The number of rotatable bonds is 3. The number of carboxylic acid groups (broad SMARTS) is 1. The van der Waals surface area contributed by atoms with Crippen molar-refractivity contribution in [3.8, 4) is 11.3 Å². The van der Waals surface area contributed by atoms with E-state index >= 15 is 0 Å². The van der Waals surface area contributed by atoms with Crippen LogP contribution in [0.4, 0.5) is 0 Å². The van der Waals surface area contributed by atoms with Crippen molar-refractivity contribution in [2.75, 3.05) is 0 Å². The van der Waals surface area contributed by atoms with Crippen molar-refractivity contribution in [2.24, 2.45) is 0 Å². The number of carbonyl (C=O) groups is 1. The van der Waals surface area contributed by atoms with Crippen LogP contribution in [0.15, 0.2) is 41.3 Å². The molecule has 4 heteroatoms. The van der Waals surface area contributed by atoms with Crippen LogP contribution in [-0.2, 0) is 11.2 Å². The third kappa shape index (κ3) is 2.04. The maximum Gasteiger partial charge on any atom is 0.307 e. The molecule has 1 N–H and O–H groups in total.